The fourth-order valence-corrected chi connectivity index (χ4v) is 1.40. The van der Waals surface area contributed by atoms with Gasteiger partial charge in [-0.25, -0.2) is 4.98 Å². The number of rotatable bonds is 1. The van der Waals surface area contributed by atoms with Gasteiger partial charge in [-0.3, -0.25) is 0 Å². The highest BCUT2D eigenvalue weighted by Crippen LogP contribution is 2.23. The van der Waals surface area contributed by atoms with Gasteiger partial charge < -0.3 is 10.3 Å². The molecule has 0 fully saturated rings. The van der Waals surface area contributed by atoms with E-state index in [-0.39, 0.29) is 0 Å². The molecule has 1 heterocycles. The lowest BCUT2D eigenvalue weighted by molar-refractivity contribution is 0.925. The zero-order valence-corrected chi connectivity index (χ0v) is 8.31. The van der Waals surface area contributed by atoms with Gasteiger partial charge in [0.25, 0.3) is 0 Å². The van der Waals surface area contributed by atoms with E-state index in [1.54, 1.807) is 23.0 Å². The van der Waals surface area contributed by atoms with Crippen LogP contribution in [0.4, 0.5) is 5.82 Å². The quantitative estimate of drug-likeness (QED) is 0.755. The van der Waals surface area contributed by atoms with Crippen LogP contribution in [0.3, 0.4) is 0 Å². The van der Waals surface area contributed by atoms with Gasteiger partial charge in [0.2, 0.25) is 0 Å². The van der Waals surface area contributed by atoms with Crippen molar-refractivity contribution in [3.63, 3.8) is 0 Å². The maximum absolute atomic E-state index is 8.78. The molecule has 0 spiro atoms. The Balaban J connectivity index is 2.55. The first-order valence-electron chi connectivity index (χ1n) is 4.49. The normalized spacial score (nSPS) is 9.87. The Kier molecular flexibility index (Phi) is 2.14. The Morgan fingerprint density at radius 3 is 2.87 bits per heavy atom. The maximum Gasteiger partial charge on any atom is 0.131 e. The minimum Gasteiger partial charge on any atom is -0.383 e. The third-order valence-corrected chi connectivity index (χ3v) is 2.25. The van der Waals surface area contributed by atoms with Gasteiger partial charge in [-0.15, -0.1) is 0 Å². The molecule has 2 rings (SSSR count). The summed E-state index contributed by atoms with van der Waals surface area (Å²) in [6, 6.07) is 9.33. The average Bonchev–Trinajstić information content (AvgIpc) is 2.60. The average molecular weight is 198 g/mol. The first-order chi connectivity index (χ1) is 7.22. The molecule has 1 aromatic carbocycles. The fourth-order valence-electron chi connectivity index (χ4n) is 1.40. The highest BCUT2D eigenvalue weighted by atomic mass is 15.1. The van der Waals surface area contributed by atoms with E-state index >= 15 is 0 Å². The Hall–Kier alpha value is -2.28. The van der Waals surface area contributed by atoms with Crippen LogP contribution in [0.25, 0.3) is 11.3 Å². The molecule has 4 heteroatoms. The van der Waals surface area contributed by atoms with Gasteiger partial charge in [0.1, 0.15) is 11.5 Å². The molecule has 0 bridgehead atoms. The molecule has 2 aromatic rings. The molecule has 0 aliphatic carbocycles. The molecule has 15 heavy (non-hydrogen) atoms. The topological polar surface area (TPSA) is 67.6 Å². The van der Waals surface area contributed by atoms with Crippen molar-refractivity contribution in [3.05, 3.63) is 36.2 Å². The second kappa shape index (κ2) is 3.46. The lowest BCUT2D eigenvalue weighted by Gasteiger charge is -2.00. The zero-order valence-electron chi connectivity index (χ0n) is 8.31. The number of nitriles is 1. The molecular weight excluding hydrogens is 188 g/mol. The summed E-state index contributed by atoms with van der Waals surface area (Å²) in [5.74, 6) is 0.602. The molecule has 0 unspecified atom stereocenters. The molecule has 0 saturated heterocycles. The number of benzene rings is 1. The number of anilines is 1. The first kappa shape index (κ1) is 9.28. The summed E-state index contributed by atoms with van der Waals surface area (Å²) < 4.78 is 1.74. The number of imidazole rings is 1. The number of aryl methyl sites for hydroxylation is 1. The molecule has 0 amide bonds. The monoisotopic (exact) mass is 198 g/mol. The van der Waals surface area contributed by atoms with Crippen LogP contribution in [0.5, 0.6) is 0 Å². The molecular formula is C11H10N4. The van der Waals surface area contributed by atoms with E-state index in [9.17, 15) is 0 Å². The SMILES string of the molecule is Cn1cnc(-c2cccc(C#N)c2)c1N. The van der Waals surface area contributed by atoms with Crippen molar-refractivity contribution in [2.45, 2.75) is 0 Å². The third kappa shape index (κ3) is 1.55. The summed E-state index contributed by atoms with van der Waals surface area (Å²) in [5, 5.41) is 8.78. The second-order valence-corrected chi connectivity index (χ2v) is 3.28. The van der Waals surface area contributed by atoms with Crippen molar-refractivity contribution in [2.24, 2.45) is 7.05 Å². The van der Waals surface area contributed by atoms with Gasteiger partial charge in [-0.1, -0.05) is 12.1 Å². The van der Waals surface area contributed by atoms with Crippen LogP contribution >= 0.6 is 0 Å². The second-order valence-electron chi connectivity index (χ2n) is 3.28. The van der Waals surface area contributed by atoms with E-state index in [1.165, 1.54) is 0 Å². The van der Waals surface area contributed by atoms with Gasteiger partial charge >= 0.3 is 0 Å². The number of aromatic nitrogens is 2. The van der Waals surface area contributed by atoms with Crippen molar-refractivity contribution in [1.82, 2.24) is 9.55 Å². The van der Waals surface area contributed by atoms with Crippen LogP contribution in [0.1, 0.15) is 5.56 Å². The highest BCUT2D eigenvalue weighted by Gasteiger charge is 2.07. The minimum atomic E-state index is 0.602. The number of hydrogen-bond acceptors (Lipinski definition) is 3. The van der Waals surface area contributed by atoms with Crippen LogP contribution < -0.4 is 5.73 Å². The number of nitrogen functional groups attached to an aromatic ring is 1. The molecule has 74 valence electrons. The van der Waals surface area contributed by atoms with Crippen LogP contribution in [0.15, 0.2) is 30.6 Å². The van der Waals surface area contributed by atoms with Gasteiger partial charge in [-0.05, 0) is 12.1 Å². The van der Waals surface area contributed by atoms with Crippen molar-refractivity contribution in [1.29, 1.82) is 5.26 Å². The lowest BCUT2D eigenvalue weighted by atomic mass is 10.1. The van der Waals surface area contributed by atoms with Crippen molar-refractivity contribution >= 4 is 5.82 Å². The molecule has 0 atom stereocenters. The fraction of sp³-hybridized carbons (Fsp3) is 0.0909. The van der Waals surface area contributed by atoms with Crippen LogP contribution in [-0.4, -0.2) is 9.55 Å². The van der Waals surface area contributed by atoms with Gasteiger partial charge in [0.15, 0.2) is 0 Å². The summed E-state index contributed by atoms with van der Waals surface area (Å²) in [6.45, 7) is 0. The van der Waals surface area contributed by atoms with Crippen molar-refractivity contribution in [2.75, 3.05) is 5.73 Å². The van der Waals surface area contributed by atoms with E-state index in [0.717, 1.165) is 11.3 Å². The summed E-state index contributed by atoms with van der Waals surface area (Å²) in [5.41, 5.74) is 8.04. The van der Waals surface area contributed by atoms with E-state index < -0.39 is 0 Å². The predicted octanol–water partition coefficient (Wildman–Crippen LogP) is 1.54. The smallest absolute Gasteiger partial charge is 0.131 e. The number of nitrogens with two attached hydrogens (primary N) is 1. The molecule has 2 N–H and O–H groups in total. The molecule has 0 aliphatic rings. The van der Waals surface area contributed by atoms with Crippen LogP contribution in [0.2, 0.25) is 0 Å². The van der Waals surface area contributed by atoms with E-state index in [0.29, 0.717) is 11.4 Å². The summed E-state index contributed by atoms with van der Waals surface area (Å²) in [4.78, 5) is 4.19. The predicted molar refractivity (Wildman–Crippen MR) is 57.8 cm³/mol. The molecule has 4 nitrogen and oxygen atoms in total. The highest BCUT2D eigenvalue weighted by molar-refractivity contribution is 5.71. The third-order valence-electron chi connectivity index (χ3n) is 2.25. The lowest BCUT2D eigenvalue weighted by Crippen LogP contribution is -1.95. The van der Waals surface area contributed by atoms with Gasteiger partial charge in [0.05, 0.1) is 18.0 Å². The number of nitrogens with zero attached hydrogens (tertiary/aromatic N) is 3. The Morgan fingerprint density at radius 2 is 2.27 bits per heavy atom. The Bertz CT molecular complexity index is 534. The van der Waals surface area contributed by atoms with Gasteiger partial charge in [-0.2, -0.15) is 5.26 Å². The van der Waals surface area contributed by atoms with E-state index in [2.05, 4.69) is 11.1 Å². The molecule has 0 aliphatic heterocycles. The van der Waals surface area contributed by atoms with Crippen molar-refractivity contribution in [3.8, 4) is 17.3 Å². The maximum atomic E-state index is 8.78. The van der Waals surface area contributed by atoms with Gasteiger partial charge in [0, 0.05) is 12.6 Å². The summed E-state index contributed by atoms with van der Waals surface area (Å²) in [7, 11) is 1.83. The van der Waals surface area contributed by atoms with E-state index in [4.69, 9.17) is 11.0 Å². The van der Waals surface area contributed by atoms with Crippen molar-refractivity contribution < 1.29 is 0 Å². The van der Waals surface area contributed by atoms with Crippen LogP contribution in [0, 0.1) is 11.3 Å². The minimum absolute atomic E-state index is 0.602. The zero-order chi connectivity index (χ0) is 10.8. The Morgan fingerprint density at radius 1 is 1.47 bits per heavy atom. The molecule has 0 radical (unpaired) electrons. The molecule has 0 saturated carbocycles. The summed E-state index contributed by atoms with van der Waals surface area (Å²) in [6.07, 6.45) is 1.66. The number of hydrogen-bond donors (Lipinski definition) is 1. The van der Waals surface area contributed by atoms with Crippen LogP contribution in [-0.2, 0) is 7.05 Å². The first-order valence-corrected chi connectivity index (χ1v) is 4.49. The largest absolute Gasteiger partial charge is 0.383 e. The summed E-state index contributed by atoms with van der Waals surface area (Å²) >= 11 is 0. The van der Waals surface area contributed by atoms with E-state index in [1.807, 2.05) is 19.2 Å². The molecule has 1 aromatic heterocycles. The Labute approximate surface area is 87.6 Å². The standard InChI is InChI=1S/C11H10N4/c1-15-7-14-10(11(15)13)9-4-2-3-8(5-9)6-12/h2-5,7H,13H2,1H3.